The molecule has 4 nitrogen and oxygen atoms in total. The van der Waals surface area contributed by atoms with E-state index in [-0.39, 0.29) is 11.9 Å². The van der Waals surface area contributed by atoms with Crippen molar-refractivity contribution < 1.29 is 4.79 Å². The van der Waals surface area contributed by atoms with Gasteiger partial charge in [0.05, 0.1) is 5.52 Å². The molecule has 100 valence electrons. The highest BCUT2D eigenvalue weighted by molar-refractivity contribution is 5.94. The minimum atomic E-state index is -0.0632. The normalized spacial score (nSPS) is 12.4. The summed E-state index contributed by atoms with van der Waals surface area (Å²) in [6.07, 6.45) is 0.788. The van der Waals surface area contributed by atoms with Gasteiger partial charge in [0.15, 0.2) is 0 Å². The van der Waals surface area contributed by atoms with Crippen LogP contribution < -0.4 is 5.73 Å². The lowest BCUT2D eigenvalue weighted by Crippen LogP contribution is -2.36. The SMILES string of the molecule is CC(CCN)N(C)C(=O)c1ccc2ccccc2n1. The molecule has 0 bridgehead atoms. The van der Waals surface area contributed by atoms with Gasteiger partial charge in [-0.3, -0.25) is 4.79 Å². The van der Waals surface area contributed by atoms with Gasteiger partial charge in [0.1, 0.15) is 5.69 Å². The Labute approximate surface area is 113 Å². The van der Waals surface area contributed by atoms with E-state index in [4.69, 9.17) is 5.73 Å². The summed E-state index contributed by atoms with van der Waals surface area (Å²) in [5, 5.41) is 1.04. The van der Waals surface area contributed by atoms with Gasteiger partial charge in [0.2, 0.25) is 0 Å². The van der Waals surface area contributed by atoms with Crippen LogP contribution in [0.2, 0.25) is 0 Å². The first-order valence-corrected chi connectivity index (χ1v) is 6.46. The molecule has 0 aliphatic rings. The van der Waals surface area contributed by atoms with E-state index in [1.165, 1.54) is 0 Å². The molecule has 2 aromatic rings. The summed E-state index contributed by atoms with van der Waals surface area (Å²) < 4.78 is 0. The van der Waals surface area contributed by atoms with Crippen LogP contribution in [0.3, 0.4) is 0 Å². The van der Waals surface area contributed by atoms with Gasteiger partial charge in [-0.2, -0.15) is 0 Å². The minimum Gasteiger partial charge on any atom is -0.338 e. The topological polar surface area (TPSA) is 59.2 Å². The third-order valence-corrected chi connectivity index (χ3v) is 3.38. The van der Waals surface area contributed by atoms with Gasteiger partial charge in [-0.05, 0) is 32.0 Å². The summed E-state index contributed by atoms with van der Waals surface area (Å²) in [6, 6.07) is 11.6. The van der Waals surface area contributed by atoms with Crippen molar-refractivity contribution in [2.24, 2.45) is 5.73 Å². The molecule has 0 saturated carbocycles. The zero-order chi connectivity index (χ0) is 13.8. The lowest BCUT2D eigenvalue weighted by Gasteiger charge is -2.24. The van der Waals surface area contributed by atoms with Gasteiger partial charge in [-0.15, -0.1) is 0 Å². The number of aromatic nitrogens is 1. The number of para-hydroxylation sites is 1. The van der Waals surface area contributed by atoms with Gasteiger partial charge in [0.25, 0.3) is 5.91 Å². The molecule has 1 heterocycles. The Kier molecular flexibility index (Phi) is 4.12. The fourth-order valence-electron chi connectivity index (χ4n) is 2.00. The number of rotatable bonds is 4. The van der Waals surface area contributed by atoms with Crippen molar-refractivity contribution in [3.05, 3.63) is 42.1 Å². The number of nitrogens with zero attached hydrogens (tertiary/aromatic N) is 2. The number of hydrogen-bond acceptors (Lipinski definition) is 3. The molecular weight excluding hydrogens is 238 g/mol. The Morgan fingerprint density at radius 1 is 1.32 bits per heavy atom. The fourth-order valence-corrected chi connectivity index (χ4v) is 2.00. The fraction of sp³-hybridized carbons (Fsp3) is 0.333. The second-order valence-electron chi connectivity index (χ2n) is 4.73. The zero-order valence-electron chi connectivity index (χ0n) is 11.3. The van der Waals surface area contributed by atoms with Crippen molar-refractivity contribution in [3.8, 4) is 0 Å². The zero-order valence-corrected chi connectivity index (χ0v) is 11.3. The lowest BCUT2D eigenvalue weighted by molar-refractivity contribution is 0.0733. The quantitative estimate of drug-likeness (QED) is 0.912. The summed E-state index contributed by atoms with van der Waals surface area (Å²) in [5.41, 5.74) is 6.84. The van der Waals surface area contributed by atoms with E-state index in [0.717, 1.165) is 17.3 Å². The third kappa shape index (κ3) is 2.90. The molecule has 1 unspecified atom stereocenters. The van der Waals surface area contributed by atoms with Crippen molar-refractivity contribution in [2.45, 2.75) is 19.4 Å². The van der Waals surface area contributed by atoms with Crippen molar-refractivity contribution in [2.75, 3.05) is 13.6 Å². The number of nitrogens with two attached hydrogens (primary N) is 1. The number of hydrogen-bond donors (Lipinski definition) is 1. The molecule has 2 rings (SSSR count). The van der Waals surface area contributed by atoms with Gasteiger partial charge in [-0.25, -0.2) is 4.98 Å². The number of amides is 1. The average molecular weight is 257 g/mol. The molecule has 1 atom stereocenters. The highest BCUT2D eigenvalue weighted by Crippen LogP contribution is 2.14. The molecule has 0 saturated heterocycles. The smallest absolute Gasteiger partial charge is 0.272 e. The highest BCUT2D eigenvalue weighted by atomic mass is 16.2. The van der Waals surface area contributed by atoms with Crippen LogP contribution in [0, 0.1) is 0 Å². The first kappa shape index (κ1) is 13.5. The molecule has 0 spiro atoms. The van der Waals surface area contributed by atoms with Gasteiger partial charge < -0.3 is 10.6 Å². The minimum absolute atomic E-state index is 0.0632. The Morgan fingerprint density at radius 3 is 2.79 bits per heavy atom. The Morgan fingerprint density at radius 2 is 2.05 bits per heavy atom. The van der Waals surface area contributed by atoms with Gasteiger partial charge >= 0.3 is 0 Å². The first-order chi connectivity index (χ1) is 9.13. The second-order valence-corrected chi connectivity index (χ2v) is 4.73. The summed E-state index contributed by atoms with van der Waals surface area (Å²) in [4.78, 5) is 18.4. The standard InChI is InChI=1S/C15H19N3O/c1-11(9-10-16)18(2)15(19)14-8-7-12-5-3-4-6-13(12)17-14/h3-8,11H,9-10,16H2,1-2H3. The maximum absolute atomic E-state index is 12.3. The molecule has 0 fully saturated rings. The summed E-state index contributed by atoms with van der Waals surface area (Å²) >= 11 is 0. The van der Waals surface area contributed by atoms with Crippen LogP contribution in [0.15, 0.2) is 36.4 Å². The Hall–Kier alpha value is -1.94. The molecule has 4 heteroatoms. The predicted molar refractivity (Wildman–Crippen MR) is 77.0 cm³/mol. The molecule has 1 aromatic carbocycles. The molecule has 0 radical (unpaired) electrons. The van der Waals surface area contributed by atoms with Crippen LogP contribution in [-0.2, 0) is 0 Å². The molecule has 2 N–H and O–H groups in total. The van der Waals surface area contributed by atoms with E-state index in [9.17, 15) is 4.79 Å². The average Bonchev–Trinajstić information content (AvgIpc) is 2.45. The molecule has 0 aliphatic heterocycles. The largest absolute Gasteiger partial charge is 0.338 e. The Bertz CT molecular complexity index is 582. The predicted octanol–water partition coefficient (Wildman–Crippen LogP) is 2.04. The molecule has 1 amide bonds. The van der Waals surface area contributed by atoms with E-state index in [1.807, 2.05) is 37.3 Å². The molecule has 19 heavy (non-hydrogen) atoms. The number of fused-ring (bicyclic) bond motifs is 1. The molecule has 1 aromatic heterocycles. The van der Waals surface area contributed by atoms with E-state index >= 15 is 0 Å². The van der Waals surface area contributed by atoms with E-state index in [1.54, 1.807) is 18.0 Å². The van der Waals surface area contributed by atoms with Crippen LogP contribution in [-0.4, -0.2) is 35.4 Å². The Balaban J connectivity index is 2.26. The van der Waals surface area contributed by atoms with Gasteiger partial charge in [-0.1, -0.05) is 24.3 Å². The van der Waals surface area contributed by atoms with Crippen LogP contribution in [0.1, 0.15) is 23.8 Å². The summed E-state index contributed by atoms with van der Waals surface area (Å²) in [7, 11) is 1.79. The lowest BCUT2D eigenvalue weighted by atomic mass is 10.1. The van der Waals surface area contributed by atoms with Crippen molar-refractivity contribution in [1.82, 2.24) is 9.88 Å². The number of benzene rings is 1. The van der Waals surface area contributed by atoms with E-state index in [2.05, 4.69) is 4.98 Å². The number of carbonyl (C=O) groups is 1. The summed E-state index contributed by atoms with van der Waals surface area (Å²) in [5.74, 6) is -0.0632. The monoisotopic (exact) mass is 257 g/mol. The van der Waals surface area contributed by atoms with Crippen molar-refractivity contribution >= 4 is 16.8 Å². The maximum atomic E-state index is 12.3. The molecular formula is C15H19N3O. The number of carbonyl (C=O) groups excluding carboxylic acids is 1. The first-order valence-electron chi connectivity index (χ1n) is 6.46. The third-order valence-electron chi connectivity index (χ3n) is 3.38. The molecule has 0 aliphatic carbocycles. The highest BCUT2D eigenvalue weighted by Gasteiger charge is 2.18. The van der Waals surface area contributed by atoms with Crippen molar-refractivity contribution in [1.29, 1.82) is 0 Å². The summed E-state index contributed by atoms with van der Waals surface area (Å²) in [6.45, 7) is 2.57. The maximum Gasteiger partial charge on any atom is 0.272 e. The van der Waals surface area contributed by atoms with Crippen LogP contribution in [0.4, 0.5) is 0 Å². The van der Waals surface area contributed by atoms with E-state index in [0.29, 0.717) is 12.2 Å². The van der Waals surface area contributed by atoms with E-state index < -0.39 is 0 Å². The van der Waals surface area contributed by atoms with Crippen molar-refractivity contribution in [3.63, 3.8) is 0 Å². The van der Waals surface area contributed by atoms with Gasteiger partial charge in [0, 0.05) is 18.5 Å². The van der Waals surface area contributed by atoms with Crippen LogP contribution in [0.5, 0.6) is 0 Å². The van der Waals surface area contributed by atoms with Crippen LogP contribution in [0.25, 0.3) is 10.9 Å². The second kappa shape index (κ2) is 5.80. The van der Waals surface area contributed by atoms with Crippen LogP contribution >= 0.6 is 0 Å². The number of pyridine rings is 1.